The third kappa shape index (κ3) is 3.33. The van der Waals surface area contributed by atoms with Crippen molar-refractivity contribution in [3.8, 4) is 17.3 Å². The monoisotopic (exact) mass is 433 g/mol. The smallest absolute Gasteiger partial charge is 0.226 e. The number of fused-ring (bicyclic) bond motifs is 2. The van der Waals surface area contributed by atoms with Gasteiger partial charge in [-0.05, 0) is 50.6 Å². The van der Waals surface area contributed by atoms with Crippen LogP contribution >= 0.6 is 0 Å². The largest absolute Gasteiger partial charge is 0.493 e. The minimum absolute atomic E-state index is 0.00694. The molecule has 0 spiro atoms. The van der Waals surface area contributed by atoms with Crippen LogP contribution in [0.4, 0.5) is 5.82 Å². The van der Waals surface area contributed by atoms with E-state index in [9.17, 15) is 4.79 Å². The molecule has 32 heavy (non-hydrogen) atoms. The average molecular weight is 433 g/mol. The van der Waals surface area contributed by atoms with Crippen LogP contribution in [0.2, 0.25) is 0 Å². The Kier molecular flexibility index (Phi) is 4.76. The number of carbonyl (C=O) groups excluding carboxylic acids is 1. The number of rotatable bonds is 5. The van der Waals surface area contributed by atoms with Crippen LogP contribution in [-0.4, -0.2) is 48.7 Å². The maximum Gasteiger partial charge on any atom is 0.226 e. The summed E-state index contributed by atoms with van der Waals surface area (Å²) >= 11 is 0. The second-order valence-electron chi connectivity index (χ2n) is 7.97. The Morgan fingerprint density at radius 3 is 2.78 bits per heavy atom. The maximum atomic E-state index is 12.7. The number of aryl methyl sites for hydroxylation is 1. The fraction of sp³-hybridized carbons (Fsp3) is 0.318. The molecule has 0 aliphatic carbocycles. The van der Waals surface area contributed by atoms with Crippen LogP contribution in [0.1, 0.15) is 43.0 Å². The van der Waals surface area contributed by atoms with Gasteiger partial charge in [0.15, 0.2) is 23.0 Å². The molecule has 164 valence electrons. The third-order valence-corrected chi connectivity index (χ3v) is 5.42. The van der Waals surface area contributed by atoms with Gasteiger partial charge < -0.3 is 14.8 Å². The first kappa shape index (κ1) is 20.0. The topological polar surface area (TPSA) is 108 Å². The van der Waals surface area contributed by atoms with Crippen LogP contribution in [0.3, 0.4) is 0 Å². The van der Waals surface area contributed by atoms with Gasteiger partial charge >= 0.3 is 0 Å². The van der Waals surface area contributed by atoms with Crippen molar-refractivity contribution in [2.45, 2.75) is 39.2 Å². The Hall–Kier alpha value is -3.95. The normalized spacial score (nSPS) is 15.7. The second-order valence-corrected chi connectivity index (χ2v) is 7.97. The van der Waals surface area contributed by atoms with E-state index in [1.165, 1.54) is 6.33 Å². The van der Waals surface area contributed by atoms with E-state index in [-0.39, 0.29) is 17.9 Å². The van der Waals surface area contributed by atoms with Crippen molar-refractivity contribution in [3.05, 3.63) is 53.5 Å². The summed E-state index contributed by atoms with van der Waals surface area (Å²) in [6, 6.07) is 9.40. The van der Waals surface area contributed by atoms with Crippen LogP contribution in [0.5, 0.6) is 11.5 Å². The molecule has 0 bridgehead atoms. The summed E-state index contributed by atoms with van der Waals surface area (Å²) in [4.78, 5) is 12.7. The van der Waals surface area contributed by atoms with E-state index in [1.807, 2.05) is 39.0 Å². The molecular formula is C22H23N7O3. The van der Waals surface area contributed by atoms with Crippen LogP contribution < -0.4 is 14.8 Å². The molecule has 1 atom stereocenters. The number of hydrogen-bond donors (Lipinski definition) is 1. The van der Waals surface area contributed by atoms with Gasteiger partial charge in [-0.3, -0.25) is 4.79 Å². The van der Waals surface area contributed by atoms with E-state index in [1.54, 1.807) is 28.4 Å². The SMILES string of the molecule is COc1ccc([C@@H]2CC(=O)Nc3c2c(C)nn3-c2ccc3nncn3n2)cc1OC(C)C. The van der Waals surface area contributed by atoms with Gasteiger partial charge in [0.25, 0.3) is 0 Å². The lowest BCUT2D eigenvalue weighted by atomic mass is 9.85. The Balaban J connectivity index is 1.62. The first-order valence-electron chi connectivity index (χ1n) is 10.4. The summed E-state index contributed by atoms with van der Waals surface area (Å²) in [5, 5.41) is 20.1. The number of nitrogens with one attached hydrogen (secondary N) is 1. The van der Waals surface area contributed by atoms with Crippen molar-refractivity contribution in [3.63, 3.8) is 0 Å². The third-order valence-electron chi connectivity index (χ3n) is 5.42. The number of benzene rings is 1. The van der Waals surface area contributed by atoms with Crippen molar-refractivity contribution in [1.29, 1.82) is 0 Å². The lowest BCUT2D eigenvalue weighted by Gasteiger charge is -2.25. The minimum atomic E-state index is -0.174. The molecule has 0 saturated heterocycles. The zero-order valence-electron chi connectivity index (χ0n) is 18.2. The van der Waals surface area contributed by atoms with E-state index in [0.717, 1.165) is 16.8 Å². The first-order chi connectivity index (χ1) is 15.4. The number of carbonyl (C=O) groups is 1. The molecule has 0 saturated carbocycles. The summed E-state index contributed by atoms with van der Waals surface area (Å²) < 4.78 is 14.6. The summed E-state index contributed by atoms with van der Waals surface area (Å²) in [7, 11) is 1.61. The van der Waals surface area contributed by atoms with E-state index >= 15 is 0 Å². The molecule has 0 radical (unpaired) electrons. The van der Waals surface area contributed by atoms with E-state index in [2.05, 4.69) is 20.6 Å². The molecule has 3 aromatic heterocycles. The van der Waals surface area contributed by atoms with Gasteiger partial charge in [0.2, 0.25) is 5.91 Å². The summed E-state index contributed by atoms with van der Waals surface area (Å²) in [5.74, 6) is 2.22. The van der Waals surface area contributed by atoms with Gasteiger partial charge in [-0.15, -0.1) is 15.3 Å². The van der Waals surface area contributed by atoms with Crippen LogP contribution in [-0.2, 0) is 4.79 Å². The van der Waals surface area contributed by atoms with E-state index in [4.69, 9.17) is 14.6 Å². The van der Waals surface area contributed by atoms with Crippen molar-refractivity contribution >= 4 is 17.4 Å². The van der Waals surface area contributed by atoms with Crippen molar-refractivity contribution in [1.82, 2.24) is 29.6 Å². The predicted octanol–water partition coefficient (Wildman–Crippen LogP) is 2.89. The van der Waals surface area contributed by atoms with Crippen molar-refractivity contribution in [2.24, 2.45) is 0 Å². The number of methoxy groups -OCH3 is 1. The Labute approximate surface area is 184 Å². The van der Waals surface area contributed by atoms with Gasteiger partial charge in [-0.1, -0.05) is 6.07 Å². The Morgan fingerprint density at radius 2 is 2.00 bits per heavy atom. The van der Waals surface area contributed by atoms with Crippen molar-refractivity contribution in [2.75, 3.05) is 12.4 Å². The molecule has 1 aliphatic heterocycles. The summed E-state index contributed by atoms with van der Waals surface area (Å²) in [5.41, 5.74) is 3.36. The number of nitrogens with zero attached hydrogens (tertiary/aromatic N) is 6. The van der Waals surface area contributed by atoms with Gasteiger partial charge in [-0.25, -0.2) is 0 Å². The zero-order chi connectivity index (χ0) is 22.4. The quantitative estimate of drug-likeness (QED) is 0.515. The number of ether oxygens (including phenoxy) is 2. The van der Waals surface area contributed by atoms with E-state index in [0.29, 0.717) is 35.2 Å². The molecule has 0 unspecified atom stereocenters. The highest BCUT2D eigenvalue weighted by molar-refractivity contribution is 5.95. The Morgan fingerprint density at radius 1 is 1.16 bits per heavy atom. The summed E-state index contributed by atoms with van der Waals surface area (Å²) in [6.07, 6.45) is 1.83. The molecule has 4 aromatic rings. The average Bonchev–Trinajstić information content (AvgIpc) is 3.36. The highest BCUT2D eigenvalue weighted by atomic mass is 16.5. The number of amides is 1. The van der Waals surface area contributed by atoms with Gasteiger partial charge in [0, 0.05) is 17.9 Å². The molecule has 10 nitrogen and oxygen atoms in total. The molecule has 0 fully saturated rings. The van der Waals surface area contributed by atoms with Gasteiger partial charge in [0.1, 0.15) is 12.1 Å². The molecular weight excluding hydrogens is 410 g/mol. The van der Waals surface area contributed by atoms with Crippen LogP contribution in [0.25, 0.3) is 11.5 Å². The zero-order valence-corrected chi connectivity index (χ0v) is 18.2. The molecule has 1 amide bonds. The highest BCUT2D eigenvalue weighted by Gasteiger charge is 2.33. The van der Waals surface area contributed by atoms with Crippen LogP contribution in [0.15, 0.2) is 36.7 Å². The fourth-order valence-corrected chi connectivity index (χ4v) is 4.09. The fourth-order valence-electron chi connectivity index (χ4n) is 4.09. The highest BCUT2D eigenvalue weighted by Crippen LogP contribution is 2.42. The number of aromatic nitrogens is 6. The molecule has 10 heteroatoms. The predicted molar refractivity (Wildman–Crippen MR) is 116 cm³/mol. The standard InChI is InChI=1S/C22H23N7O3/c1-12(2)32-17-9-14(5-6-16(17)31-4)15-10-20(30)24-22-21(15)13(3)26-29(22)19-8-7-18-25-23-11-28(18)27-19/h5-9,11-12,15H,10H2,1-4H3,(H,24,30)/t15-/m0/s1. The van der Waals surface area contributed by atoms with Crippen LogP contribution in [0, 0.1) is 6.92 Å². The maximum absolute atomic E-state index is 12.7. The minimum Gasteiger partial charge on any atom is -0.493 e. The Bertz CT molecular complexity index is 1320. The van der Waals surface area contributed by atoms with Crippen molar-refractivity contribution < 1.29 is 14.3 Å². The number of hydrogen-bond acceptors (Lipinski definition) is 7. The first-order valence-corrected chi connectivity index (χ1v) is 10.4. The van der Waals surface area contributed by atoms with Gasteiger partial charge in [0.05, 0.1) is 18.9 Å². The van der Waals surface area contributed by atoms with Gasteiger partial charge in [-0.2, -0.15) is 14.3 Å². The second kappa shape index (κ2) is 7.63. The molecule has 1 N–H and O–H groups in total. The molecule has 1 aromatic carbocycles. The molecule has 4 heterocycles. The molecule has 1 aliphatic rings. The van der Waals surface area contributed by atoms with E-state index < -0.39 is 0 Å². The lowest BCUT2D eigenvalue weighted by Crippen LogP contribution is -2.25. The molecule has 5 rings (SSSR count). The summed E-state index contributed by atoms with van der Waals surface area (Å²) in [6.45, 7) is 5.87. The number of anilines is 1. The lowest BCUT2D eigenvalue weighted by molar-refractivity contribution is -0.116.